The molecular weight excluding hydrogens is 282 g/mol. The lowest BCUT2D eigenvalue weighted by Crippen LogP contribution is -2.41. The second-order valence-corrected chi connectivity index (χ2v) is 5.17. The highest BCUT2D eigenvalue weighted by Gasteiger charge is 2.09. The van der Waals surface area contributed by atoms with Crippen LogP contribution in [0.25, 0.3) is 0 Å². The fourth-order valence-electron chi connectivity index (χ4n) is 1.31. The monoisotopic (exact) mass is 297 g/mol. The number of nitrogens with zero attached hydrogens (tertiary/aromatic N) is 1. The number of thiocarbonyl (C=S) groups is 1. The minimum Gasteiger partial charge on any atom is -0.326 e. The van der Waals surface area contributed by atoms with Crippen molar-refractivity contribution in [2.24, 2.45) is 0 Å². The Morgan fingerprint density at radius 2 is 1.84 bits per heavy atom. The van der Waals surface area contributed by atoms with E-state index in [0.717, 1.165) is 0 Å². The van der Waals surface area contributed by atoms with Crippen molar-refractivity contribution >= 4 is 45.8 Å². The normalized spacial score (nSPS) is 9.63. The van der Waals surface area contributed by atoms with E-state index < -0.39 is 0 Å². The maximum absolute atomic E-state index is 11.9. The van der Waals surface area contributed by atoms with Crippen molar-refractivity contribution in [2.45, 2.75) is 6.92 Å². The topological polar surface area (TPSA) is 61.4 Å². The van der Waals surface area contributed by atoms with Crippen LogP contribution in [0.2, 0.25) is 0 Å². The van der Waals surface area contributed by atoms with Gasteiger partial charge in [0.1, 0.15) is 0 Å². The lowest BCUT2D eigenvalue weighted by atomic mass is 10.2. The summed E-state index contributed by atoms with van der Waals surface area (Å²) < 4.78 is 0.572. The largest absolute Gasteiger partial charge is 0.326 e. The Morgan fingerprint density at radius 3 is 2.32 bits per heavy atom. The summed E-state index contributed by atoms with van der Waals surface area (Å²) in [5.74, 6) is -0.407. The molecule has 0 heterocycles. The quantitative estimate of drug-likeness (QED) is 0.644. The number of nitrogens with one attached hydrogen (secondary N) is 2. The number of hydrogen-bond acceptors (Lipinski definition) is 4. The second-order valence-electron chi connectivity index (χ2n) is 3.73. The average molecular weight is 297 g/mol. The van der Waals surface area contributed by atoms with Gasteiger partial charge < -0.3 is 5.32 Å². The van der Waals surface area contributed by atoms with E-state index in [1.54, 1.807) is 31.3 Å². The number of rotatable bonds is 2. The standard InChI is InChI=1S/C12H15N3O2S2/c1-8(16)13-10-6-4-9(5-7-10)11(17)14-15(2)12(18)19-3/h4-7H,1-3H3,(H,13,16)(H,14,17). The van der Waals surface area contributed by atoms with E-state index in [4.69, 9.17) is 12.2 Å². The van der Waals surface area contributed by atoms with E-state index >= 15 is 0 Å². The van der Waals surface area contributed by atoms with Gasteiger partial charge in [0, 0.05) is 25.2 Å². The van der Waals surface area contributed by atoms with Crippen LogP contribution in [0.5, 0.6) is 0 Å². The Bertz CT molecular complexity index is 488. The first-order chi connectivity index (χ1) is 8.93. The van der Waals surface area contributed by atoms with Crippen LogP contribution in [-0.2, 0) is 4.79 Å². The molecule has 5 nitrogen and oxygen atoms in total. The molecule has 7 heteroatoms. The van der Waals surface area contributed by atoms with Crippen LogP contribution in [0.4, 0.5) is 5.69 Å². The van der Waals surface area contributed by atoms with Gasteiger partial charge in [0.2, 0.25) is 5.91 Å². The zero-order valence-corrected chi connectivity index (χ0v) is 12.5. The summed E-state index contributed by atoms with van der Waals surface area (Å²) in [6.45, 7) is 1.43. The Kier molecular flexibility index (Phi) is 5.78. The molecule has 0 radical (unpaired) electrons. The highest BCUT2D eigenvalue weighted by Crippen LogP contribution is 2.10. The second kappa shape index (κ2) is 7.10. The fraction of sp³-hybridized carbons (Fsp3) is 0.250. The summed E-state index contributed by atoms with van der Waals surface area (Å²) in [6.07, 6.45) is 1.84. The number of thioether (sulfide) groups is 1. The van der Waals surface area contributed by atoms with Gasteiger partial charge in [-0.3, -0.25) is 20.0 Å². The molecule has 0 atom stereocenters. The van der Waals surface area contributed by atoms with Gasteiger partial charge in [0.25, 0.3) is 5.91 Å². The summed E-state index contributed by atoms with van der Waals surface area (Å²) in [4.78, 5) is 22.8. The molecule has 0 spiro atoms. The summed E-state index contributed by atoms with van der Waals surface area (Å²) in [5.41, 5.74) is 3.79. The van der Waals surface area contributed by atoms with Crippen molar-refractivity contribution < 1.29 is 9.59 Å². The molecule has 0 fully saturated rings. The molecule has 0 aliphatic heterocycles. The third-order valence-corrected chi connectivity index (χ3v) is 3.58. The molecule has 0 aliphatic rings. The van der Waals surface area contributed by atoms with E-state index in [0.29, 0.717) is 15.6 Å². The third kappa shape index (κ3) is 4.88. The zero-order valence-electron chi connectivity index (χ0n) is 10.9. The number of benzene rings is 1. The van der Waals surface area contributed by atoms with Crippen LogP contribution >= 0.6 is 24.0 Å². The number of carbonyl (C=O) groups is 2. The molecule has 1 aromatic carbocycles. The first-order valence-corrected chi connectivity index (χ1v) is 7.07. The molecule has 102 valence electrons. The SMILES string of the molecule is CSC(=S)N(C)NC(=O)c1ccc(NC(C)=O)cc1. The number of hydrazine groups is 1. The molecule has 0 unspecified atom stereocenters. The highest BCUT2D eigenvalue weighted by atomic mass is 32.2. The highest BCUT2D eigenvalue weighted by molar-refractivity contribution is 8.22. The van der Waals surface area contributed by atoms with Crippen LogP contribution in [0.3, 0.4) is 0 Å². The minimum atomic E-state index is -0.256. The number of anilines is 1. The van der Waals surface area contributed by atoms with Crippen LogP contribution in [0.15, 0.2) is 24.3 Å². The Hall–Kier alpha value is -1.60. The Labute approximate surface area is 121 Å². The average Bonchev–Trinajstić information content (AvgIpc) is 2.37. The number of amides is 2. The van der Waals surface area contributed by atoms with Crippen LogP contribution in [0.1, 0.15) is 17.3 Å². The van der Waals surface area contributed by atoms with Crippen molar-refractivity contribution in [1.82, 2.24) is 10.4 Å². The first-order valence-electron chi connectivity index (χ1n) is 5.44. The van der Waals surface area contributed by atoms with Crippen molar-refractivity contribution in [3.8, 4) is 0 Å². The van der Waals surface area contributed by atoms with Crippen LogP contribution in [0, 0.1) is 0 Å². The van der Waals surface area contributed by atoms with Gasteiger partial charge in [-0.2, -0.15) is 0 Å². The lowest BCUT2D eigenvalue weighted by molar-refractivity contribution is -0.114. The van der Waals surface area contributed by atoms with E-state index in [-0.39, 0.29) is 11.8 Å². The van der Waals surface area contributed by atoms with Gasteiger partial charge in [0.15, 0.2) is 4.32 Å². The van der Waals surface area contributed by atoms with Crippen molar-refractivity contribution in [3.05, 3.63) is 29.8 Å². The van der Waals surface area contributed by atoms with Crippen molar-refractivity contribution in [1.29, 1.82) is 0 Å². The molecule has 2 N–H and O–H groups in total. The summed E-state index contributed by atoms with van der Waals surface area (Å²) >= 11 is 6.42. The number of hydrogen-bond donors (Lipinski definition) is 2. The number of carbonyl (C=O) groups excluding carboxylic acids is 2. The van der Waals surface area contributed by atoms with Gasteiger partial charge >= 0.3 is 0 Å². The van der Waals surface area contributed by atoms with E-state index in [1.165, 1.54) is 23.7 Å². The summed E-state index contributed by atoms with van der Waals surface area (Å²) in [7, 11) is 1.68. The lowest BCUT2D eigenvalue weighted by Gasteiger charge is -2.19. The molecular formula is C12H15N3O2S2. The maximum Gasteiger partial charge on any atom is 0.269 e. The first kappa shape index (κ1) is 15.5. The zero-order chi connectivity index (χ0) is 14.4. The molecule has 2 amide bonds. The van der Waals surface area contributed by atoms with Crippen LogP contribution < -0.4 is 10.7 Å². The minimum absolute atomic E-state index is 0.151. The van der Waals surface area contributed by atoms with E-state index in [9.17, 15) is 9.59 Å². The predicted molar refractivity (Wildman–Crippen MR) is 82.1 cm³/mol. The van der Waals surface area contributed by atoms with Gasteiger partial charge in [-0.15, -0.1) is 0 Å². The molecule has 0 saturated heterocycles. The van der Waals surface area contributed by atoms with E-state index in [2.05, 4.69) is 10.7 Å². The predicted octanol–water partition coefficient (Wildman–Crippen LogP) is 1.87. The van der Waals surface area contributed by atoms with Gasteiger partial charge in [-0.25, -0.2) is 0 Å². The van der Waals surface area contributed by atoms with Gasteiger partial charge in [-0.1, -0.05) is 24.0 Å². The smallest absolute Gasteiger partial charge is 0.269 e. The van der Waals surface area contributed by atoms with Gasteiger partial charge in [-0.05, 0) is 30.5 Å². The molecule has 0 bridgehead atoms. The molecule has 1 aromatic rings. The molecule has 0 saturated carbocycles. The Balaban J connectivity index is 2.67. The molecule has 19 heavy (non-hydrogen) atoms. The fourth-order valence-corrected chi connectivity index (χ4v) is 1.67. The third-order valence-electron chi connectivity index (χ3n) is 2.19. The Morgan fingerprint density at radius 1 is 1.26 bits per heavy atom. The van der Waals surface area contributed by atoms with E-state index in [1.807, 2.05) is 6.26 Å². The molecule has 0 aliphatic carbocycles. The van der Waals surface area contributed by atoms with Crippen LogP contribution in [-0.4, -0.2) is 34.4 Å². The maximum atomic E-state index is 11.9. The van der Waals surface area contributed by atoms with Crippen molar-refractivity contribution in [3.63, 3.8) is 0 Å². The van der Waals surface area contributed by atoms with Crippen molar-refractivity contribution in [2.75, 3.05) is 18.6 Å². The molecule has 1 rings (SSSR count). The molecule has 0 aromatic heterocycles. The van der Waals surface area contributed by atoms with Gasteiger partial charge in [0.05, 0.1) is 0 Å². The summed E-state index contributed by atoms with van der Waals surface area (Å²) in [6, 6.07) is 6.61. The summed E-state index contributed by atoms with van der Waals surface area (Å²) in [5, 5.41) is 4.12.